The lowest BCUT2D eigenvalue weighted by atomic mass is 10.1. The number of hydrogen-bond donors (Lipinski definition) is 1. The second-order valence-electron chi connectivity index (χ2n) is 3.54. The quantitative estimate of drug-likeness (QED) is 0.869. The third-order valence-corrected chi connectivity index (χ3v) is 2.50. The van der Waals surface area contributed by atoms with Crippen LogP contribution in [0.4, 0.5) is 0 Å². The summed E-state index contributed by atoms with van der Waals surface area (Å²) in [5, 5.41) is 10.6. The van der Waals surface area contributed by atoms with E-state index in [0.29, 0.717) is 10.7 Å². The fourth-order valence-electron chi connectivity index (χ4n) is 1.36. The van der Waals surface area contributed by atoms with Gasteiger partial charge in [0, 0.05) is 23.7 Å². The Morgan fingerprint density at radius 3 is 2.50 bits per heavy atom. The first-order valence-electron chi connectivity index (χ1n) is 4.89. The predicted molar refractivity (Wildman–Crippen MR) is 62.3 cm³/mol. The molecule has 3 nitrogen and oxygen atoms in total. The highest BCUT2D eigenvalue weighted by atomic mass is 35.5. The van der Waals surface area contributed by atoms with Gasteiger partial charge in [-0.2, -0.15) is 0 Å². The van der Waals surface area contributed by atoms with Crippen LogP contribution in [0, 0.1) is 6.92 Å². The van der Waals surface area contributed by atoms with Gasteiger partial charge < -0.3 is 5.11 Å². The largest absolute Gasteiger partial charge is 0.382 e. The summed E-state index contributed by atoms with van der Waals surface area (Å²) in [6.45, 7) is 1.90. The van der Waals surface area contributed by atoms with Crippen LogP contribution in [0.3, 0.4) is 0 Å². The van der Waals surface area contributed by atoms with Crippen LogP contribution >= 0.6 is 11.6 Å². The zero-order valence-electron chi connectivity index (χ0n) is 8.76. The first-order valence-corrected chi connectivity index (χ1v) is 5.26. The van der Waals surface area contributed by atoms with Gasteiger partial charge in [-0.1, -0.05) is 17.7 Å². The van der Waals surface area contributed by atoms with Crippen molar-refractivity contribution in [1.29, 1.82) is 0 Å². The van der Waals surface area contributed by atoms with Crippen molar-refractivity contribution in [1.82, 2.24) is 9.97 Å². The molecule has 0 amide bonds. The van der Waals surface area contributed by atoms with Gasteiger partial charge in [0.1, 0.15) is 6.10 Å². The molecule has 1 atom stereocenters. The van der Waals surface area contributed by atoms with E-state index in [2.05, 4.69) is 9.97 Å². The van der Waals surface area contributed by atoms with Crippen molar-refractivity contribution in [2.45, 2.75) is 13.0 Å². The Kier molecular flexibility index (Phi) is 3.17. The van der Waals surface area contributed by atoms with E-state index in [0.717, 1.165) is 11.3 Å². The predicted octanol–water partition coefficient (Wildman–Crippen LogP) is 2.52. The SMILES string of the molecule is Cc1ccc(C(O)c2ccc(Cl)cn2)cn1. The Bertz CT molecular complexity index is 422. The molecule has 0 aliphatic heterocycles. The van der Waals surface area contributed by atoms with Gasteiger partial charge in [0.2, 0.25) is 0 Å². The number of rotatable bonds is 2. The second kappa shape index (κ2) is 4.60. The molecule has 2 aromatic rings. The minimum atomic E-state index is -0.759. The van der Waals surface area contributed by atoms with E-state index in [-0.39, 0.29) is 0 Å². The zero-order valence-corrected chi connectivity index (χ0v) is 9.52. The lowest BCUT2D eigenvalue weighted by molar-refractivity contribution is 0.215. The van der Waals surface area contributed by atoms with E-state index >= 15 is 0 Å². The maximum atomic E-state index is 10.0. The highest BCUT2D eigenvalue weighted by Gasteiger charge is 2.11. The molecule has 2 rings (SSSR count). The Labute approximate surface area is 98.8 Å². The summed E-state index contributed by atoms with van der Waals surface area (Å²) in [5.41, 5.74) is 2.20. The summed E-state index contributed by atoms with van der Waals surface area (Å²) in [6.07, 6.45) is 2.41. The van der Waals surface area contributed by atoms with Crippen LogP contribution in [0.15, 0.2) is 36.7 Å². The summed E-state index contributed by atoms with van der Waals surface area (Å²) in [6, 6.07) is 7.10. The topological polar surface area (TPSA) is 46.0 Å². The third-order valence-electron chi connectivity index (χ3n) is 2.28. The number of halogens is 1. The van der Waals surface area contributed by atoms with Crippen molar-refractivity contribution in [2.75, 3.05) is 0 Å². The molecule has 0 bridgehead atoms. The van der Waals surface area contributed by atoms with Gasteiger partial charge in [-0.15, -0.1) is 0 Å². The number of pyridine rings is 2. The molecule has 0 saturated heterocycles. The van der Waals surface area contributed by atoms with Gasteiger partial charge in [-0.3, -0.25) is 9.97 Å². The monoisotopic (exact) mass is 234 g/mol. The number of hydrogen-bond acceptors (Lipinski definition) is 3. The summed E-state index contributed by atoms with van der Waals surface area (Å²) in [5.74, 6) is 0. The summed E-state index contributed by atoms with van der Waals surface area (Å²) in [7, 11) is 0. The lowest BCUT2D eigenvalue weighted by Gasteiger charge is -2.09. The molecule has 0 spiro atoms. The van der Waals surface area contributed by atoms with Crippen molar-refractivity contribution >= 4 is 11.6 Å². The lowest BCUT2D eigenvalue weighted by Crippen LogP contribution is -2.02. The molecule has 4 heteroatoms. The molecule has 0 radical (unpaired) electrons. The number of aromatic nitrogens is 2. The van der Waals surface area contributed by atoms with Gasteiger partial charge in [0.05, 0.1) is 10.7 Å². The van der Waals surface area contributed by atoms with Crippen LogP contribution < -0.4 is 0 Å². The highest BCUT2D eigenvalue weighted by Crippen LogP contribution is 2.20. The Balaban J connectivity index is 2.28. The van der Waals surface area contributed by atoms with E-state index in [9.17, 15) is 5.11 Å². The van der Waals surface area contributed by atoms with Gasteiger partial charge in [-0.05, 0) is 25.1 Å². The first-order chi connectivity index (χ1) is 7.66. The Morgan fingerprint density at radius 1 is 1.12 bits per heavy atom. The maximum Gasteiger partial charge on any atom is 0.122 e. The second-order valence-corrected chi connectivity index (χ2v) is 3.97. The van der Waals surface area contributed by atoms with Gasteiger partial charge in [-0.25, -0.2) is 0 Å². The van der Waals surface area contributed by atoms with Crippen LogP contribution in [-0.4, -0.2) is 15.1 Å². The molecule has 0 saturated carbocycles. The molecule has 2 aromatic heterocycles. The molecule has 0 fully saturated rings. The van der Waals surface area contributed by atoms with Crippen molar-refractivity contribution in [3.8, 4) is 0 Å². The summed E-state index contributed by atoms with van der Waals surface area (Å²) in [4.78, 5) is 8.20. The first kappa shape index (κ1) is 11.0. The van der Waals surface area contributed by atoms with Crippen molar-refractivity contribution in [2.24, 2.45) is 0 Å². The molecule has 0 aliphatic rings. The van der Waals surface area contributed by atoms with Crippen molar-refractivity contribution in [3.05, 3.63) is 58.6 Å². The number of nitrogens with zero attached hydrogens (tertiary/aromatic N) is 2. The van der Waals surface area contributed by atoms with Gasteiger partial charge in [0.15, 0.2) is 0 Å². The maximum absolute atomic E-state index is 10.0. The number of aryl methyl sites for hydroxylation is 1. The fraction of sp³-hybridized carbons (Fsp3) is 0.167. The molecular weight excluding hydrogens is 224 g/mol. The zero-order chi connectivity index (χ0) is 11.5. The minimum Gasteiger partial charge on any atom is -0.382 e. The molecule has 16 heavy (non-hydrogen) atoms. The average Bonchev–Trinajstić information content (AvgIpc) is 2.30. The van der Waals surface area contributed by atoms with Crippen LogP contribution in [0.2, 0.25) is 5.02 Å². The van der Waals surface area contributed by atoms with E-state index in [1.54, 1.807) is 18.3 Å². The smallest absolute Gasteiger partial charge is 0.122 e. The number of aliphatic hydroxyl groups is 1. The van der Waals surface area contributed by atoms with E-state index < -0.39 is 6.10 Å². The molecule has 82 valence electrons. The van der Waals surface area contributed by atoms with Crippen molar-refractivity contribution in [3.63, 3.8) is 0 Å². The van der Waals surface area contributed by atoms with Crippen molar-refractivity contribution < 1.29 is 5.11 Å². The van der Waals surface area contributed by atoms with Gasteiger partial charge in [0.25, 0.3) is 0 Å². The van der Waals surface area contributed by atoms with Crippen LogP contribution in [0.25, 0.3) is 0 Å². The van der Waals surface area contributed by atoms with Crippen LogP contribution in [-0.2, 0) is 0 Å². The highest BCUT2D eigenvalue weighted by molar-refractivity contribution is 6.30. The molecule has 2 heterocycles. The Hall–Kier alpha value is -1.45. The third kappa shape index (κ3) is 2.38. The minimum absolute atomic E-state index is 0.554. The fourth-order valence-corrected chi connectivity index (χ4v) is 1.47. The van der Waals surface area contributed by atoms with E-state index in [1.165, 1.54) is 6.20 Å². The summed E-state index contributed by atoms with van der Waals surface area (Å²) < 4.78 is 0. The molecular formula is C12H11ClN2O. The number of aliphatic hydroxyl groups excluding tert-OH is 1. The van der Waals surface area contributed by atoms with Crippen LogP contribution in [0.5, 0.6) is 0 Å². The molecule has 0 aromatic carbocycles. The van der Waals surface area contributed by atoms with E-state index in [1.807, 2.05) is 19.1 Å². The van der Waals surface area contributed by atoms with Gasteiger partial charge >= 0.3 is 0 Å². The molecule has 0 aliphatic carbocycles. The summed E-state index contributed by atoms with van der Waals surface area (Å²) >= 11 is 5.73. The molecule has 1 N–H and O–H groups in total. The molecule has 1 unspecified atom stereocenters. The normalized spacial score (nSPS) is 12.4. The van der Waals surface area contributed by atoms with E-state index in [4.69, 9.17) is 11.6 Å². The average molecular weight is 235 g/mol. The Morgan fingerprint density at radius 2 is 1.94 bits per heavy atom. The van der Waals surface area contributed by atoms with Crippen LogP contribution in [0.1, 0.15) is 23.1 Å². The standard InChI is InChI=1S/C12H11ClN2O/c1-8-2-3-9(6-14-8)12(16)11-5-4-10(13)7-15-11/h2-7,12,16H,1H3.